The highest BCUT2D eigenvalue weighted by molar-refractivity contribution is 8.01. The average Bonchev–Trinajstić information content (AvgIpc) is 3.72. The summed E-state index contributed by atoms with van der Waals surface area (Å²) in [6.07, 6.45) is 3.57. The Hall–Kier alpha value is -3.84. The number of aliphatic carboxylic acids is 1. The molecular formula is C21H21N11O5S3. The number of tetrazole rings is 1. The summed E-state index contributed by atoms with van der Waals surface area (Å²) < 4.78 is 5.34. The maximum Gasteiger partial charge on any atom is 0.352 e. The molecule has 3 aliphatic rings. The van der Waals surface area contributed by atoms with E-state index in [1.165, 1.54) is 33.1 Å². The van der Waals surface area contributed by atoms with Crippen LogP contribution < -0.4 is 11.1 Å². The number of nitrogens with zero attached hydrogens (tertiary/aromatic N) is 9. The molecule has 2 aliphatic heterocycles. The second-order valence-corrected chi connectivity index (χ2v) is 11.9. The summed E-state index contributed by atoms with van der Waals surface area (Å²) in [5, 5.41) is 32.2. The van der Waals surface area contributed by atoms with E-state index >= 15 is 0 Å². The Morgan fingerprint density at radius 3 is 2.88 bits per heavy atom. The van der Waals surface area contributed by atoms with E-state index in [2.05, 4.69) is 40.5 Å². The molecule has 16 nitrogen and oxygen atoms in total. The van der Waals surface area contributed by atoms with Gasteiger partial charge in [0.1, 0.15) is 28.2 Å². The molecule has 40 heavy (non-hydrogen) atoms. The minimum Gasteiger partial charge on any atom is -0.477 e. The summed E-state index contributed by atoms with van der Waals surface area (Å²) in [5.74, 6) is -1.84. The molecule has 3 aromatic rings. The number of hydrogen-bond donors (Lipinski definition) is 3. The Bertz CT molecular complexity index is 1550. The Balaban J connectivity index is 1.16. The molecule has 3 aromatic heterocycles. The number of nitrogens with one attached hydrogen (secondary N) is 1. The number of fused-ring (bicyclic) bond motifs is 2. The number of rotatable bonds is 9. The number of amides is 2. The predicted molar refractivity (Wildman–Crippen MR) is 143 cm³/mol. The van der Waals surface area contributed by atoms with Gasteiger partial charge in [0, 0.05) is 23.0 Å². The van der Waals surface area contributed by atoms with Gasteiger partial charge in [-0.1, -0.05) is 5.16 Å². The smallest absolute Gasteiger partial charge is 0.352 e. The van der Waals surface area contributed by atoms with Gasteiger partial charge in [-0.3, -0.25) is 14.5 Å². The highest BCUT2D eigenvalue weighted by atomic mass is 32.2. The lowest BCUT2D eigenvalue weighted by Crippen LogP contribution is -2.71. The van der Waals surface area contributed by atoms with Gasteiger partial charge in [0.05, 0.1) is 0 Å². The monoisotopic (exact) mass is 603 g/mol. The number of thioether (sulfide) groups is 2. The number of carboxylic acids is 1. The van der Waals surface area contributed by atoms with Crippen LogP contribution in [-0.2, 0) is 19.2 Å². The van der Waals surface area contributed by atoms with Crippen LogP contribution in [0, 0.1) is 0 Å². The lowest BCUT2D eigenvalue weighted by molar-refractivity contribution is -0.150. The zero-order valence-corrected chi connectivity index (χ0v) is 23.0. The highest BCUT2D eigenvalue weighted by Gasteiger charge is 2.54. The van der Waals surface area contributed by atoms with Gasteiger partial charge in [-0.25, -0.2) is 4.79 Å². The van der Waals surface area contributed by atoms with E-state index in [0.717, 1.165) is 37.2 Å². The Labute approximate surface area is 237 Å². The number of carbonyl (C=O) groups excluding carboxylic acids is 2. The lowest BCUT2D eigenvalue weighted by atomic mass is 10.0. The van der Waals surface area contributed by atoms with Crippen LogP contribution in [0.4, 0.5) is 5.13 Å². The predicted octanol–water partition coefficient (Wildman–Crippen LogP) is 0.147. The molecule has 4 N–H and O–H groups in total. The van der Waals surface area contributed by atoms with E-state index in [0.29, 0.717) is 22.0 Å². The van der Waals surface area contributed by atoms with Crippen LogP contribution in [0.15, 0.2) is 33.6 Å². The number of nitrogens with two attached hydrogens (primary N) is 1. The maximum atomic E-state index is 13.2. The first-order chi connectivity index (χ1) is 19.4. The van der Waals surface area contributed by atoms with Crippen molar-refractivity contribution in [2.24, 2.45) is 5.16 Å². The Kier molecular flexibility index (Phi) is 7.24. The third-order valence-corrected chi connectivity index (χ3v) is 9.33. The fourth-order valence-electron chi connectivity index (χ4n) is 4.51. The summed E-state index contributed by atoms with van der Waals surface area (Å²) in [6.45, 7) is 0. The Morgan fingerprint density at radius 1 is 1.30 bits per heavy atom. The van der Waals surface area contributed by atoms with Crippen molar-refractivity contribution in [3.05, 3.63) is 29.2 Å². The molecule has 0 spiro atoms. The zero-order valence-electron chi connectivity index (χ0n) is 20.5. The first-order valence-electron chi connectivity index (χ1n) is 12.1. The molecule has 0 aromatic carbocycles. The first-order valence-corrected chi connectivity index (χ1v) is 14.9. The van der Waals surface area contributed by atoms with Crippen LogP contribution in [-0.4, -0.2) is 97.1 Å². The molecule has 19 heteroatoms. The van der Waals surface area contributed by atoms with Crippen molar-refractivity contribution in [1.82, 2.24) is 44.8 Å². The summed E-state index contributed by atoms with van der Waals surface area (Å²) in [5.41, 5.74) is 6.46. The fraction of sp³-hybridized carbons (Fsp3) is 0.429. The van der Waals surface area contributed by atoms with Gasteiger partial charge in [-0.15, -0.1) is 38.4 Å². The fourth-order valence-corrected chi connectivity index (χ4v) is 7.28. The van der Waals surface area contributed by atoms with Gasteiger partial charge in [-0.2, -0.15) is 9.36 Å². The maximum absolute atomic E-state index is 13.2. The lowest BCUT2D eigenvalue weighted by Gasteiger charge is -2.49. The molecule has 0 bridgehead atoms. The SMILES string of the molecule is Nc1nc(/C(=N/OC2CCCC2)C(=O)NC2C(=O)N3C(C(=O)O)=C(CSc4ccc5nnnn5n4)CS[C@H]23)ns1. The van der Waals surface area contributed by atoms with Crippen LogP contribution in [0.5, 0.6) is 0 Å². The number of anilines is 1. The third-order valence-electron chi connectivity index (χ3n) is 6.44. The molecule has 0 radical (unpaired) electrons. The molecule has 1 saturated heterocycles. The molecule has 208 valence electrons. The molecule has 1 unspecified atom stereocenters. The average molecular weight is 604 g/mol. The summed E-state index contributed by atoms with van der Waals surface area (Å²) in [6, 6.07) is 2.47. The van der Waals surface area contributed by atoms with Crippen molar-refractivity contribution >= 4 is 69.3 Å². The molecule has 1 aliphatic carbocycles. The summed E-state index contributed by atoms with van der Waals surface area (Å²) >= 11 is 3.57. The molecule has 2 atom stereocenters. The van der Waals surface area contributed by atoms with E-state index in [4.69, 9.17) is 10.6 Å². The summed E-state index contributed by atoms with van der Waals surface area (Å²) in [4.78, 5) is 49.4. The minimum atomic E-state index is -1.22. The first kappa shape index (κ1) is 26.4. The quantitative estimate of drug-likeness (QED) is 0.128. The third kappa shape index (κ3) is 5.06. The molecule has 5 heterocycles. The number of carboxylic acid groups (broad SMARTS) is 1. The van der Waals surface area contributed by atoms with Gasteiger partial charge < -0.3 is 21.0 Å². The number of aromatic nitrogens is 7. The largest absolute Gasteiger partial charge is 0.477 e. The number of β-lactam (4-membered cyclic amide) rings is 1. The zero-order chi connectivity index (χ0) is 27.8. The second-order valence-electron chi connectivity index (χ2n) is 9.01. The van der Waals surface area contributed by atoms with Gasteiger partial charge in [0.15, 0.2) is 10.8 Å². The molecule has 2 fully saturated rings. The van der Waals surface area contributed by atoms with Crippen molar-refractivity contribution in [3.8, 4) is 0 Å². The molecular weight excluding hydrogens is 583 g/mol. The van der Waals surface area contributed by atoms with Crippen molar-refractivity contribution < 1.29 is 24.3 Å². The van der Waals surface area contributed by atoms with E-state index in [9.17, 15) is 19.5 Å². The van der Waals surface area contributed by atoms with Crippen LogP contribution in [0.1, 0.15) is 31.5 Å². The normalized spacial score (nSPS) is 21.4. The standard InChI is InChI=1S/C21H21N11O5S3/c22-21-24-16(28-40-21)13(27-37-10-3-1-2-4-10)17(33)23-14-18(34)31-15(20(35)36)9(8-39-19(14)31)7-38-12-6-5-11-25-29-30-32(11)26-12/h5-6,10,14,19H,1-4,7-8H2,(H,23,33)(H,35,36)(H2,22,24,28)/b27-13-/t14?,19-/m1/s1. The van der Waals surface area contributed by atoms with Gasteiger partial charge in [0.25, 0.3) is 11.8 Å². The number of nitrogen functional groups attached to an aromatic ring is 1. The number of carbonyl (C=O) groups is 3. The van der Waals surface area contributed by atoms with Crippen molar-refractivity contribution in [2.45, 2.75) is 48.2 Å². The number of oxime groups is 1. The highest BCUT2D eigenvalue weighted by Crippen LogP contribution is 2.41. The van der Waals surface area contributed by atoms with Gasteiger partial charge >= 0.3 is 5.97 Å². The second kappa shape index (κ2) is 11.0. The van der Waals surface area contributed by atoms with E-state index < -0.39 is 29.2 Å². The van der Waals surface area contributed by atoms with Crippen molar-refractivity contribution in [1.29, 1.82) is 0 Å². The van der Waals surface area contributed by atoms with Crippen molar-refractivity contribution in [2.75, 3.05) is 17.2 Å². The summed E-state index contributed by atoms with van der Waals surface area (Å²) in [7, 11) is 0. The van der Waals surface area contributed by atoms with Crippen LogP contribution in [0.2, 0.25) is 0 Å². The number of hydrogen-bond acceptors (Lipinski definition) is 15. The van der Waals surface area contributed by atoms with E-state index in [-0.39, 0.29) is 34.2 Å². The Morgan fingerprint density at radius 2 is 2.12 bits per heavy atom. The van der Waals surface area contributed by atoms with Crippen LogP contribution in [0.3, 0.4) is 0 Å². The van der Waals surface area contributed by atoms with Gasteiger partial charge in [-0.05, 0) is 53.8 Å². The van der Waals surface area contributed by atoms with Crippen LogP contribution in [0.25, 0.3) is 5.65 Å². The van der Waals surface area contributed by atoms with Crippen LogP contribution >= 0.6 is 35.1 Å². The topological polar surface area (TPSA) is 216 Å². The molecule has 1 saturated carbocycles. The molecule has 6 rings (SSSR count). The van der Waals surface area contributed by atoms with E-state index in [1.807, 2.05) is 0 Å². The van der Waals surface area contributed by atoms with Gasteiger partial charge in [0.2, 0.25) is 11.5 Å². The molecule has 2 amide bonds. The van der Waals surface area contributed by atoms with Crippen molar-refractivity contribution in [3.63, 3.8) is 0 Å². The minimum absolute atomic E-state index is 0.00294. The van der Waals surface area contributed by atoms with E-state index in [1.54, 1.807) is 12.1 Å².